The van der Waals surface area contributed by atoms with Gasteiger partial charge in [0.15, 0.2) is 0 Å². The van der Waals surface area contributed by atoms with E-state index < -0.39 is 11.5 Å². The Morgan fingerprint density at radius 1 is 1.09 bits per heavy atom. The molecule has 0 aliphatic carbocycles. The standard InChI is InChI=1S/C27H22N4O3/c1-19-9-5-6-12-23(19)34-26-22(27(33)31-16-8-7-13-24(31)30-26)17-21(18-28)25(32)29-15-14-20-10-3-2-4-11-20/h2-13,16-17H,14-15H2,1H3,(H,29,32). The van der Waals surface area contributed by atoms with Crippen molar-refractivity contribution in [1.29, 1.82) is 5.26 Å². The van der Waals surface area contributed by atoms with Crippen molar-refractivity contribution in [2.24, 2.45) is 0 Å². The molecule has 34 heavy (non-hydrogen) atoms. The Hall–Kier alpha value is -4.70. The number of para-hydroxylation sites is 1. The van der Waals surface area contributed by atoms with E-state index in [0.29, 0.717) is 24.4 Å². The third kappa shape index (κ3) is 5.03. The van der Waals surface area contributed by atoms with E-state index in [2.05, 4.69) is 10.3 Å². The van der Waals surface area contributed by atoms with Gasteiger partial charge >= 0.3 is 0 Å². The molecule has 2 aromatic carbocycles. The maximum Gasteiger partial charge on any atom is 0.269 e. The van der Waals surface area contributed by atoms with Crippen LogP contribution in [0.3, 0.4) is 0 Å². The fraction of sp³-hybridized carbons (Fsp3) is 0.111. The summed E-state index contributed by atoms with van der Waals surface area (Å²) >= 11 is 0. The summed E-state index contributed by atoms with van der Waals surface area (Å²) < 4.78 is 7.33. The number of carbonyl (C=O) groups is 1. The molecule has 1 N–H and O–H groups in total. The van der Waals surface area contributed by atoms with Gasteiger partial charge in [-0.1, -0.05) is 54.6 Å². The van der Waals surface area contributed by atoms with Crippen LogP contribution < -0.4 is 15.6 Å². The zero-order valence-corrected chi connectivity index (χ0v) is 18.6. The van der Waals surface area contributed by atoms with Gasteiger partial charge in [-0.3, -0.25) is 14.0 Å². The van der Waals surface area contributed by atoms with Gasteiger partial charge in [-0.05, 0) is 48.7 Å². The summed E-state index contributed by atoms with van der Waals surface area (Å²) in [6.45, 7) is 2.23. The zero-order valence-electron chi connectivity index (χ0n) is 18.6. The number of aryl methyl sites for hydroxylation is 1. The van der Waals surface area contributed by atoms with E-state index in [4.69, 9.17) is 4.74 Å². The molecular weight excluding hydrogens is 428 g/mol. The van der Waals surface area contributed by atoms with Gasteiger partial charge < -0.3 is 10.1 Å². The van der Waals surface area contributed by atoms with Gasteiger partial charge in [0, 0.05) is 12.7 Å². The number of nitrogens with zero attached hydrogens (tertiary/aromatic N) is 3. The van der Waals surface area contributed by atoms with E-state index >= 15 is 0 Å². The number of nitriles is 1. The van der Waals surface area contributed by atoms with Gasteiger partial charge in [0.1, 0.15) is 28.6 Å². The molecule has 0 atom stereocenters. The highest BCUT2D eigenvalue weighted by molar-refractivity contribution is 6.01. The minimum absolute atomic E-state index is 0.0155. The van der Waals surface area contributed by atoms with Crippen molar-refractivity contribution in [1.82, 2.24) is 14.7 Å². The maximum atomic E-state index is 13.3. The first-order valence-electron chi connectivity index (χ1n) is 10.8. The molecule has 168 valence electrons. The average Bonchev–Trinajstić information content (AvgIpc) is 2.86. The molecule has 4 aromatic rings. The molecule has 4 rings (SSSR count). The maximum absolute atomic E-state index is 13.3. The summed E-state index contributed by atoms with van der Waals surface area (Å²) in [6, 6.07) is 24.1. The lowest BCUT2D eigenvalue weighted by atomic mass is 10.1. The highest BCUT2D eigenvalue weighted by Gasteiger charge is 2.17. The second-order valence-electron chi connectivity index (χ2n) is 7.59. The lowest BCUT2D eigenvalue weighted by molar-refractivity contribution is -0.117. The van der Waals surface area contributed by atoms with E-state index in [9.17, 15) is 14.9 Å². The fourth-order valence-electron chi connectivity index (χ4n) is 3.41. The van der Waals surface area contributed by atoms with Gasteiger partial charge in [0.2, 0.25) is 5.88 Å². The number of hydrogen-bond donors (Lipinski definition) is 1. The monoisotopic (exact) mass is 450 g/mol. The van der Waals surface area contributed by atoms with Gasteiger partial charge in [0.25, 0.3) is 11.5 Å². The van der Waals surface area contributed by atoms with Crippen LogP contribution in [0, 0.1) is 18.3 Å². The molecule has 0 saturated carbocycles. The Labute approximate surface area is 196 Å². The van der Waals surface area contributed by atoms with Crippen molar-refractivity contribution in [3.05, 3.63) is 112 Å². The van der Waals surface area contributed by atoms with E-state index in [1.165, 1.54) is 10.5 Å². The Morgan fingerprint density at radius 2 is 1.82 bits per heavy atom. The first kappa shape index (κ1) is 22.5. The number of carbonyl (C=O) groups excluding carboxylic acids is 1. The van der Waals surface area contributed by atoms with Crippen LogP contribution in [-0.2, 0) is 11.2 Å². The average molecular weight is 450 g/mol. The molecule has 7 nitrogen and oxygen atoms in total. The van der Waals surface area contributed by atoms with Crippen molar-refractivity contribution < 1.29 is 9.53 Å². The lowest BCUT2D eigenvalue weighted by Gasteiger charge is -2.12. The first-order chi connectivity index (χ1) is 16.6. The number of aromatic nitrogens is 2. The molecular formula is C27H22N4O3. The minimum Gasteiger partial charge on any atom is -0.438 e. The van der Waals surface area contributed by atoms with E-state index in [-0.39, 0.29) is 17.0 Å². The van der Waals surface area contributed by atoms with Gasteiger partial charge in [0.05, 0.1) is 0 Å². The third-order valence-electron chi connectivity index (χ3n) is 5.23. The van der Waals surface area contributed by atoms with Crippen LogP contribution in [0.1, 0.15) is 16.7 Å². The van der Waals surface area contributed by atoms with Gasteiger partial charge in [-0.15, -0.1) is 0 Å². The summed E-state index contributed by atoms with van der Waals surface area (Å²) in [4.78, 5) is 30.4. The number of fused-ring (bicyclic) bond motifs is 1. The molecule has 0 fully saturated rings. The van der Waals surface area contributed by atoms with Crippen molar-refractivity contribution in [2.45, 2.75) is 13.3 Å². The molecule has 2 aromatic heterocycles. The van der Waals surface area contributed by atoms with Gasteiger partial charge in [-0.25, -0.2) is 0 Å². The lowest BCUT2D eigenvalue weighted by Crippen LogP contribution is -2.27. The van der Waals surface area contributed by atoms with Crippen molar-refractivity contribution in [3.8, 4) is 17.7 Å². The molecule has 7 heteroatoms. The number of ether oxygens (including phenoxy) is 1. The number of benzene rings is 2. The molecule has 2 heterocycles. The molecule has 0 radical (unpaired) electrons. The number of pyridine rings is 1. The van der Waals surface area contributed by atoms with Crippen LogP contribution in [0.2, 0.25) is 0 Å². The molecule has 0 spiro atoms. The summed E-state index contributed by atoms with van der Waals surface area (Å²) in [5.41, 5.74) is 1.67. The summed E-state index contributed by atoms with van der Waals surface area (Å²) in [5, 5.41) is 12.4. The summed E-state index contributed by atoms with van der Waals surface area (Å²) in [7, 11) is 0. The highest BCUT2D eigenvalue weighted by atomic mass is 16.5. The van der Waals surface area contributed by atoms with E-state index in [1.54, 1.807) is 30.5 Å². The fourth-order valence-corrected chi connectivity index (χ4v) is 3.41. The molecule has 0 bridgehead atoms. The number of rotatable bonds is 7. The SMILES string of the molecule is Cc1ccccc1Oc1nc2ccccn2c(=O)c1C=C(C#N)C(=O)NCCc1ccccc1. The zero-order chi connectivity index (χ0) is 23.9. The molecule has 0 saturated heterocycles. The third-order valence-corrected chi connectivity index (χ3v) is 5.23. The Bertz CT molecular complexity index is 1470. The molecule has 0 unspecified atom stereocenters. The quantitative estimate of drug-likeness (QED) is 0.338. The van der Waals surface area contributed by atoms with Crippen LogP contribution in [0.5, 0.6) is 11.6 Å². The normalized spacial score (nSPS) is 11.1. The molecule has 0 aliphatic rings. The Kier molecular flexibility index (Phi) is 6.80. The van der Waals surface area contributed by atoms with Crippen molar-refractivity contribution in [3.63, 3.8) is 0 Å². The van der Waals surface area contributed by atoms with Gasteiger partial charge in [-0.2, -0.15) is 10.2 Å². The van der Waals surface area contributed by atoms with E-state index in [0.717, 1.165) is 11.1 Å². The predicted molar refractivity (Wildman–Crippen MR) is 129 cm³/mol. The van der Waals surface area contributed by atoms with Crippen LogP contribution in [-0.4, -0.2) is 21.8 Å². The summed E-state index contributed by atoms with van der Waals surface area (Å²) in [6.07, 6.45) is 3.43. The topological polar surface area (TPSA) is 96.5 Å². The van der Waals surface area contributed by atoms with Crippen LogP contribution >= 0.6 is 0 Å². The van der Waals surface area contributed by atoms with Crippen LogP contribution in [0.15, 0.2) is 89.4 Å². The first-order valence-corrected chi connectivity index (χ1v) is 10.8. The van der Waals surface area contributed by atoms with Crippen LogP contribution in [0.25, 0.3) is 11.7 Å². The van der Waals surface area contributed by atoms with Crippen molar-refractivity contribution in [2.75, 3.05) is 6.54 Å². The predicted octanol–water partition coefficient (Wildman–Crippen LogP) is 4.06. The van der Waals surface area contributed by atoms with Crippen LogP contribution in [0.4, 0.5) is 0 Å². The molecule has 0 aliphatic heterocycles. The van der Waals surface area contributed by atoms with Crippen molar-refractivity contribution >= 4 is 17.6 Å². The molecule has 1 amide bonds. The number of amides is 1. The highest BCUT2D eigenvalue weighted by Crippen LogP contribution is 2.26. The Morgan fingerprint density at radius 3 is 2.59 bits per heavy atom. The van der Waals surface area contributed by atoms with E-state index in [1.807, 2.05) is 61.5 Å². The second kappa shape index (κ2) is 10.3. The minimum atomic E-state index is -0.571. The Balaban J connectivity index is 1.68. The second-order valence-corrected chi connectivity index (χ2v) is 7.59. The number of nitrogens with one attached hydrogen (secondary N) is 1. The smallest absolute Gasteiger partial charge is 0.269 e. The number of hydrogen-bond acceptors (Lipinski definition) is 5. The summed E-state index contributed by atoms with van der Waals surface area (Å²) in [5.74, 6) is -0.0247. The largest absolute Gasteiger partial charge is 0.438 e.